The van der Waals surface area contributed by atoms with Crippen molar-refractivity contribution in [2.45, 2.75) is 90.9 Å². The SMILES string of the molecule is CCCCCCCCOP(=O)(S)SCCCCCCCC.[Zn]. The molecule has 0 saturated carbocycles. The average Bonchev–Trinajstić information content (AvgIpc) is 2.45. The van der Waals surface area contributed by atoms with E-state index in [1.807, 2.05) is 0 Å². The molecule has 0 fully saturated rings. The number of thiol groups is 1. The van der Waals surface area contributed by atoms with Crippen molar-refractivity contribution < 1.29 is 28.6 Å². The van der Waals surface area contributed by atoms with Gasteiger partial charge in [-0.15, -0.1) is 0 Å². The minimum atomic E-state index is -2.70. The number of hydrogen-bond donors (Lipinski definition) is 1. The normalized spacial score (nSPS) is 13.6. The second-order valence-electron chi connectivity index (χ2n) is 5.67. The van der Waals surface area contributed by atoms with E-state index in [2.05, 4.69) is 26.1 Å². The summed E-state index contributed by atoms with van der Waals surface area (Å²) in [7, 11) is 0. The summed E-state index contributed by atoms with van der Waals surface area (Å²) in [5.41, 5.74) is 0. The first-order valence-corrected chi connectivity index (χ1v) is 13.1. The van der Waals surface area contributed by atoms with E-state index in [1.54, 1.807) is 0 Å². The van der Waals surface area contributed by atoms with Crippen LogP contribution in [0.5, 0.6) is 0 Å². The van der Waals surface area contributed by atoms with Gasteiger partial charge in [0, 0.05) is 25.2 Å². The van der Waals surface area contributed by atoms with Gasteiger partial charge < -0.3 is 4.52 Å². The van der Waals surface area contributed by atoms with E-state index < -0.39 is 5.77 Å². The Hall–Kier alpha value is 1.51. The molecule has 0 amide bonds. The van der Waals surface area contributed by atoms with Crippen LogP contribution in [0.15, 0.2) is 0 Å². The first-order chi connectivity index (χ1) is 10.1. The molecule has 0 radical (unpaired) electrons. The van der Waals surface area contributed by atoms with Gasteiger partial charge in [-0.2, -0.15) is 0 Å². The molecular weight excluding hydrogens is 385 g/mol. The number of hydrogen-bond acceptors (Lipinski definition) is 3. The van der Waals surface area contributed by atoms with E-state index in [9.17, 15) is 4.57 Å². The molecule has 0 aliphatic rings. The van der Waals surface area contributed by atoms with Crippen LogP contribution in [0.2, 0.25) is 0 Å². The largest absolute Gasteiger partial charge is 0.314 e. The fourth-order valence-corrected chi connectivity index (χ4v) is 5.67. The van der Waals surface area contributed by atoms with Crippen LogP contribution in [0, 0.1) is 0 Å². The van der Waals surface area contributed by atoms with Crippen molar-refractivity contribution in [1.29, 1.82) is 0 Å². The molecule has 1 unspecified atom stereocenters. The molecule has 0 aliphatic carbocycles. The van der Waals surface area contributed by atoms with Crippen LogP contribution in [0.4, 0.5) is 0 Å². The predicted octanol–water partition coefficient (Wildman–Crippen LogP) is 7.49. The predicted molar refractivity (Wildman–Crippen MR) is 102 cm³/mol. The minimum Gasteiger partial charge on any atom is -0.314 e. The third-order valence-electron chi connectivity index (χ3n) is 3.50. The zero-order valence-electron chi connectivity index (χ0n) is 14.7. The van der Waals surface area contributed by atoms with Crippen molar-refractivity contribution in [3.05, 3.63) is 0 Å². The van der Waals surface area contributed by atoms with Gasteiger partial charge in [0.2, 0.25) is 0 Å². The summed E-state index contributed by atoms with van der Waals surface area (Å²) in [6.45, 7) is 5.05. The molecule has 0 aromatic carbocycles. The van der Waals surface area contributed by atoms with E-state index in [0.717, 1.165) is 18.6 Å². The molecule has 6 heteroatoms. The van der Waals surface area contributed by atoms with Crippen LogP contribution in [0.25, 0.3) is 0 Å². The van der Waals surface area contributed by atoms with Gasteiger partial charge in [0.15, 0.2) is 0 Å². The van der Waals surface area contributed by atoms with Crippen molar-refractivity contribution in [3.8, 4) is 0 Å². The Morgan fingerprint density at radius 2 is 1.27 bits per heavy atom. The van der Waals surface area contributed by atoms with Crippen molar-refractivity contribution in [1.82, 2.24) is 0 Å². The molecule has 0 spiro atoms. The Morgan fingerprint density at radius 1 is 0.818 bits per heavy atom. The monoisotopic (exact) mass is 418 g/mol. The van der Waals surface area contributed by atoms with Crippen molar-refractivity contribution >= 4 is 29.4 Å². The maximum atomic E-state index is 12.1. The molecule has 130 valence electrons. The van der Waals surface area contributed by atoms with E-state index in [0.29, 0.717) is 6.61 Å². The first-order valence-electron chi connectivity index (χ1n) is 8.74. The maximum Gasteiger partial charge on any atom is 0.310 e. The van der Waals surface area contributed by atoms with Crippen LogP contribution in [0.3, 0.4) is 0 Å². The summed E-state index contributed by atoms with van der Waals surface area (Å²) < 4.78 is 17.6. The van der Waals surface area contributed by atoms with Gasteiger partial charge in [-0.1, -0.05) is 102 Å². The maximum absolute atomic E-state index is 12.1. The minimum absolute atomic E-state index is 0. The summed E-state index contributed by atoms with van der Waals surface area (Å²) in [5, 5.41) is 0. The molecule has 1 atom stereocenters. The van der Waals surface area contributed by atoms with Gasteiger partial charge in [-0.25, -0.2) is 0 Å². The first kappa shape index (κ1) is 25.8. The average molecular weight is 420 g/mol. The Kier molecular flexibility index (Phi) is 22.1. The zero-order valence-corrected chi connectivity index (χ0v) is 20.3. The Morgan fingerprint density at radius 3 is 1.82 bits per heavy atom. The van der Waals surface area contributed by atoms with Crippen molar-refractivity contribution in [3.63, 3.8) is 0 Å². The van der Waals surface area contributed by atoms with Gasteiger partial charge in [0.1, 0.15) is 0 Å². The molecule has 0 saturated heterocycles. The van der Waals surface area contributed by atoms with Gasteiger partial charge in [0.25, 0.3) is 0 Å². The molecule has 2 nitrogen and oxygen atoms in total. The molecule has 22 heavy (non-hydrogen) atoms. The molecular formula is C16H35O2PS2Zn. The quantitative estimate of drug-likeness (QED) is 0.121. The molecule has 0 heterocycles. The standard InChI is InChI=1S/C16H35O2PS2.Zn/c1-3-5-7-9-11-13-15-18-19(17,20)21-16-14-12-10-8-6-4-2;/h3-16H2,1-2H3,(H,17,20);. The van der Waals surface area contributed by atoms with E-state index in [1.165, 1.54) is 75.6 Å². The van der Waals surface area contributed by atoms with Crippen molar-refractivity contribution in [2.75, 3.05) is 12.4 Å². The second-order valence-corrected chi connectivity index (χ2v) is 12.1. The van der Waals surface area contributed by atoms with E-state index >= 15 is 0 Å². The smallest absolute Gasteiger partial charge is 0.310 e. The van der Waals surface area contributed by atoms with Crippen LogP contribution in [0.1, 0.15) is 90.9 Å². The van der Waals surface area contributed by atoms with Gasteiger partial charge in [-0.05, 0) is 12.8 Å². The number of unbranched alkanes of at least 4 members (excludes halogenated alkanes) is 10. The topological polar surface area (TPSA) is 26.3 Å². The third kappa shape index (κ3) is 19.6. The van der Waals surface area contributed by atoms with Crippen molar-refractivity contribution in [2.24, 2.45) is 0 Å². The van der Waals surface area contributed by atoms with Crippen LogP contribution in [-0.4, -0.2) is 12.4 Å². The van der Waals surface area contributed by atoms with E-state index in [4.69, 9.17) is 4.52 Å². The molecule has 0 aliphatic heterocycles. The molecule has 0 rings (SSSR count). The van der Waals surface area contributed by atoms with Gasteiger partial charge in [-0.3, -0.25) is 4.57 Å². The van der Waals surface area contributed by atoms with Crippen LogP contribution < -0.4 is 0 Å². The van der Waals surface area contributed by atoms with Crippen LogP contribution >= 0.6 is 29.4 Å². The molecule has 0 aromatic rings. The van der Waals surface area contributed by atoms with Gasteiger partial charge in [0.05, 0.1) is 6.61 Å². The Balaban J connectivity index is 0. The third-order valence-corrected chi connectivity index (χ3v) is 8.04. The summed E-state index contributed by atoms with van der Waals surface area (Å²) in [6.07, 6.45) is 14.9. The van der Waals surface area contributed by atoms with Gasteiger partial charge >= 0.3 is 5.77 Å². The summed E-state index contributed by atoms with van der Waals surface area (Å²) in [4.78, 5) is 0. The second kappa shape index (κ2) is 18.8. The Labute approximate surface area is 160 Å². The summed E-state index contributed by atoms with van der Waals surface area (Å²) in [5.74, 6) is -1.80. The zero-order chi connectivity index (χ0) is 15.8. The molecule has 0 bridgehead atoms. The Bertz CT molecular complexity index is 247. The van der Waals surface area contributed by atoms with Crippen LogP contribution in [-0.2, 0) is 28.6 Å². The van der Waals surface area contributed by atoms with E-state index in [-0.39, 0.29) is 19.5 Å². The summed E-state index contributed by atoms with van der Waals surface area (Å²) >= 11 is 5.61. The summed E-state index contributed by atoms with van der Waals surface area (Å²) in [6, 6.07) is 0. The number of rotatable bonds is 16. The fourth-order valence-electron chi connectivity index (χ4n) is 2.16. The molecule has 0 aromatic heterocycles. The molecule has 0 N–H and O–H groups in total. The fraction of sp³-hybridized carbons (Fsp3) is 1.00.